The Morgan fingerprint density at radius 1 is 1.33 bits per heavy atom. The summed E-state index contributed by atoms with van der Waals surface area (Å²) in [5.41, 5.74) is 2.74. The summed E-state index contributed by atoms with van der Waals surface area (Å²) in [7, 11) is 4.46. The van der Waals surface area contributed by atoms with Crippen molar-refractivity contribution < 1.29 is 0 Å². The summed E-state index contributed by atoms with van der Waals surface area (Å²) in [6.45, 7) is 7.71. The molecular weight excluding hydrogens is 326 g/mol. The van der Waals surface area contributed by atoms with Gasteiger partial charge in [-0.2, -0.15) is 0 Å². The number of benzene rings is 1. The van der Waals surface area contributed by atoms with Gasteiger partial charge in [0, 0.05) is 35.8 Å². The molecule has 0 bridgehead atoms. The quantitative estimate of drug-likeness (QED) is 0.874. The average molecular weight is 354 g/mol. The van der Waals surface area contributed by atoms with E-state index in [2.05, 4.69) is 77.2 Å². The molecule has 1 aromatic carbocycles. The van der Waals surface area contributed by atoms with Gasteiger partial charge in [0.25, 0.3) is 0 Å². The summed E-state index contributed by atoms with van der Waals surface area (Å²) >= 11 is 3.62. The van der Waals surface area contributed by atoms with Crippen molar-refractivity contribution >= 4 is 21.6 Å². The molecule has 1 heterocycles. The Balaban J connectivity index is 2.14. The minimum Gasteiger partial charge on any atom is -0.371 e. The number of rotatable bonds is 5. The van der Waals surface area contributed by atoms with Crippen molar-refractivity contribution in [2.75, 3.05) is 32.1 Å². The van der Waals surface area contributed by atoms with Gasteiger partial charge in [-0.1, -0.05) is 35.8 Å². The van der Waals surface area contributed by atoms with E-state index in [1.54, 1.807) is 0 Å². The maximum Gasteiger partial charge on any atom is 0.0423 e. The first-order valence-electron chi connectivity index (χ1n) is 7.90. The first-order chi connectivity index (χ1) is 9.97. The Morgan fingerprint density at radius 2 is 2.00 bits per heavy atom. The fraction of sp³-hybridized carbons (Fsp3) is 0.647. The molecule has 0 aromatic heterocycles. The Morgan fingerprint density at radius 3 is 2.62 bits per heavy atom. The third kappa shape index (κ3) is 4.70. The number of halogens is 1. The number of hydrogen-bond donors (Lipinski definition) is 1. The van der Waals surface area contributed by atoms with Crippen LogP contribution in [0.25, 0.3) is 0 Å². The predicted molar refractivity (Wildman–Crippen MR) is 95.0 cm³/mol. The van der Waals surface area contributed by atoms with Crippen molar-refractivity contribution in [3.05, 3.63) is 28.2 Å². The van der Waals surface area contributed by atoms with Crippen LogP contribution in [-0.2, 0) is 6.54 Å². The van der Waals surface area contributed by atoms with Crippen molar-refractivity contribution in [2.45, 2.75) is 45.3 Å². The maximum atomic E-state index is 3.62. The molecule has 0 radical (unpaired) electrons. The first-order valence-corrected chi connectivity index (χ1v) is 8.70. The Labute approximate surface area is 137 Å². The second-order valence-electron chi connectivity index (χ2n) is 6.45. The van der Waals surface area contributed by atoms with Crippen LogP contribution >= 0.6 is 15.9 Å². The number of likely N-dealkylation sites (tertiary alicyclic amines) is 1. The van der Waals surface area contributed by atoms with E-state index in [1.807, 2.05) is 0 Å². The number of piperidine rings is 1. The molecule has 1 aromatic rings. The second-order valence-corrected chi connectivity index (χ2v) is 7.37. The third-order valence-corrected chi connectivity index (χ3v) is 4.86. The molecule has 1 fully saturated rings. The molecule has 0 atom stereocenters. The molecule has 1 aliphatic rings. The Kier molecular flexibility index (Phi) is 6.08. The van der Waals surface area contributed by atoms with Gasteiger partial charge in [-0.05, 0) is 50.7 Å². The molecule has 21 heavy (non-hydrogen) atoms. The van der Waals surface area contributed by atoms with Gasteiger partial charge in [0.2, 0.25) is 0 Å². The summed E-state index contributed by atoms with van der Waals surface area (Å²) in [6.07, 6.45) is 2.49. The highest BCUT2D eigenvalue weighted by Gasteiger charge is 2.22. The van der Waals surface area contributed by atoms with Crippen molar-refractivity contribution in [2.24, 2.45) is 0 Å². The first kappa shape index (κ1) is 16.8. The van der Waals surface area contributed by atoms with Crippen LogP contribution in [0.4, 0.5) is 5.69 Å². The summed E-state index contributed by atoms with van der Waals surface area (Å²) in [4.78, 5) is 4.90. The molecule has 3 nitrogen and oxygen atoms in total. The van der Waals surface area contributed by atoms with Crippen LogP contribution in [0.5, 0.6) is 0 Å². The number of nitrogens with zero attached hydrogens (tertiary/aromatic N) is 2. The van der Waals surface area contributed by atoms with E-state index in [1.165, 1.54) is 37.2 Å². The van der Waals surface area contributed by atoms with E-state index < -0.39 is 0 Å². The summed E-state index contributed by atoms with van der Waals surface area (Å²) in [6, 6.07) is 7.79. The minimum absolute atomic E-state index is 0.509. The van der Waals surface area contributed by atoms with Crippen LogP contribution in [0.3, 0.4) is 0 Å². The molecule has 118 valence electrons. The van der Waals surface area contributed by atoms with Gasteiger partial charge in [-0.3, -0.25) is 0 Å². The normalized spacial score (nSPS) is 17.4. The molecule has 0 unspecified atom stereocenters. The molecule has 1 aliphatic heterocycles. The lowest BCUT2D eigenvalue weighted by molar-refractivity contribution is 0.252. The summed E-state index contributed by atoms with van der Waals surface area (Å²) < 4.78 is 1.16. The van der Waals surface area contributed by atoms with Gasteiger partial charge in [0.05, 0.1) is 0 Å². The van der Waals surface area contributed by atoms with Crippen LogP contribution in [0.15, 0.2) is 22.7 Å². The number of hydrogen-bond acceptors (Lipinski definition) is 3. The fourth-order valence-electron chi connectivity index (χ4n) is 2.91. The Bertz CT molecular complexity index is 453. The van der Waals surface area contributed by atoms with Gasteiger partial charge in [-0.25, -0.2) is 0 Å². The van der Waals surface area contributed by atoms with Crippen LogP contribution < -0.4 is 10.2 Å². The highest BCUT2D eigenvalue weighted by Crippen LogP contribution is 2.28. The predicted octanol–water partition coefficient (Wildman–Crippen LogP) is 3.48. The van der Waals surface area contributed by atoms with Crippen molar-refractivity contribution in [1.29, 1.82) is 0 Å². The van der Waals surface area contributed by atoms with E-state index in [0.717, 1.165) is 11.0 Å². The van der Waals surface area contributed by atoms with Gasteiger partial charge >= 0.3 is 0 Å². The molecule has 1 N–H and O–H groups in total. The maximum absolute atomic E-state index is 3.62. The average Bonchev–Trinajstić information content (AvgIpc) is 2.46. The zero-order valence-electron chi connectivity index (χ0n) is 13.7. The molecular formula is C17H28BrN3. The van der Waals surface area contributed by atoms with Crippen molar-refractivity contribution in [3.63, 3.8) is 0 Å². The van der Waals surface area contributed by atoms with Gasteiger partial charge < -0.3 is 15.1 Å². The minimum atomic E-state index is 0.509. The second kappa shape index (κ2) is 7.61. The standard InChI is InChI=1S/C17H28BrN3/c1-13(2)19-12-14-5-6-15(18)11-17(14)21(4)16-7-9-20(3)10-8-16/h5-6,11,13,16,19H,7-10,12H2,1-4H3. The topological polar surface area (TPSA) is 18.5 Å². The third-order valence-electron chi connectivity index (χ3n) is 4.36. The molecule has 2 rings (SSSR count). The highest BCUT2D eigenvalue weighted by molar-refractivity contribution is 9.10. The zero-order chi connectivity index (χ0) is 15.4. The van der Waals surface area contributed by atoms with Gasteiger partial charge in [-0.15, -0.1) is 0 Å². The van der Waals surface area contributed by atoms with E-state index in [0.29, 0.717) is 12.1 Å². The lowest BCUT2D eigenvalue weighted by Gasteiger charge is -2.37. The zero-order valence-corrected chi connectivity index (χ0v) is 15.3. The van der Waals surface area contributed by atoms with Gasteiger partial charge in [0.15, 0.2) is 0 Å². The van der Waals surface area contributed by atoms with Crippen molar-refractivity contribution in [1.82, 2.24) is 10.2 Å². The van der Waals surface area contributed by atoms with Gasteiger partial charge in [0.1, 0.15) is 0 Å². The molecule has 0 saturated carbocycles. The molecule has 0 spiro atoms. The van der Waals surface area contributed by atoms with Crippen molar-refractivity contribution in [3.8, 4) is 0 Å². The SMILES string of the molecule is CC(C)NCc1ccc(Br)cc1N(C)C1CCN(C)CC1. The Hall–Kier alpha value is -0.580. The van der Waals surface area contributed by atoms with Crippen LogP contribution in [0.2, 0.25) is 0 Å². The van der Waals surface area contributed by atoms with E-state index >= 15 is 0 Å². The van der Waals surface area contributed by atoms with E-state index in [4.69, 9.17) is 0 Å². The largest absolute Gasteiger partial charge is 0.371 e. The van der Waals surface area contributed by atoms with E-state index in [-0.39, 0.29) is 0 Å². The number of nitrogens with one attached hydrogen (secondary N) is 1. The molecule has 0 amide bonds. The fourth-order valence-corrected chi connectivity index (χ4v) is 3.26. The summed E-state index contributed by atoms with van der Waals surface area (Å²) in [5, 5.41) is 3.54. The van der Waals surface area contributed by atoms with Crippen LogP contribution in [0.1, 0.15) is 32.3 Å². The highest BCUT2D eigenvalue weighted by atomic mass is 79.9. The lowest BCUT2D eigenvalue weighted by Crippen LogP contribution is -2.42. The van der Waals surface area contributed by atoms with Crippen LogP contribution in [0, 0.1) is 0 Å². The lowest BCUT2D eigenvalue weighted by atomic mass is 10.0. The van der Waals surface area contributed by atoms with Crippen LogP contribution in [-0.4, -0.2) is 44.2 Å². The smallest absolute Gasteiger partial charge is 0.0423 e. The molecule has 4 heteroatoms. The summed E-state index contributed by atoms with van der Waals surface area (Å²) in [5.74, 6) is 0. The molecule has 0 aliphatic carbocycles. The monoisotopic (exact) mass is 353 g/mol. The van der Waals surface area contributed by atoms with E-state index in [9.17, 15) is 0 Å². The molecule has 1 saturated heterocycles. The number of anilines is 1.